The number of aryl methyl sites for hydroxylation is 1. The molecule has 0 atom stereocenters. The van der Waals surface area contributed by atoms with E-state index in [1.807, 2.05) is 19.1 Å². The second-order valence-corrected chi connectivity index (χ2v) is 5.17. The van der Waals surface area contributed by atoms with Crippen LogP contribution in [0, 0.1) is 6.92 Å². The van der Waals surface area contributed by atoms with Gasteiger partial charge in [-0.15, -0.1) is 0 Å². The van der Waals surface area contributed by atoms with Crippen LogP contribution in [0.5, 0.6) is 11.6 Å². The largest absolute Gasteiger partial charge is 0.437 e. The van der Waals surface area contributed by atoms with Gasteiger partial charge >= 0.3 is 0 Å². The van der Waals surface area contributed by atoms with Gasteiger partial charge in [-0.1, -0.05) is 27.5 Å². The zero-order chi connectivity index (χ0) is 13.1. The van der Waals surface area contributed by atoms with E-state index < -0.39 is 0 Å². The van der Waals surface area contributed by atoms with Gasteiger partial charge in [-0.05, 0) is 36.8 Å². The summed E-state index contributed by atoms with van der Waals surface area (Å²) in [5.74, 6) is 1.11. The average Bonchev–Trinajstić information content (AvgIpc) is 2.36. The Morgan fingerprint density at radius 2 is 2.17 bits per heavy atom. The molecule has 0 saturated heterocycles. The molecule has 0 amide bonds. The SMILES string of the molecule is Cc1cc(CN)cnc1Oc1cc(Br)ccc1Cl. The summed E-state index contributed by atoms with van der Waals surface area (Å²) < 4.78 is 6.61. The van der Waals surface area contributed by atoms with E-state index >= 15 is 0 Å². The highest BCUT2D eigenvalue weighted by atomic mass is 79.9. The Bertz CT molecular complexity index is 575. The van der Waals surface area contributed by atoms with Gasteiger partial charge in [-0.2, -0.15) is 0 Å². The Morgan fingerprint density at radius 1 is 1.39 bits per heavy atom. The number of benzene rings is 1. The second-order valence-electron chi connectivity index (χ2n) is 3.85. The molecule has 0 saturated carbocycles. The fourth-order valence-electron chi connectivity index (χ4n) is 1.50. The number of aromatic nitrogens is 1. The maximum Gasteiger partial charge on any atom is 0.222 e. The Hall–Kier alpha value is -1.10. The molecule has 1 aromatic carbocycles. The number of nitrogens with two attached hydrogens (primary N) is 1. The van der Waals surface area contributed by atoms with Crippen LogP contribution in [-0.2, 0) is 6.54 Å². The molecule has 0 aliphatic carbocycles. The van der Waals surface area contributed by atoms with Crippen molar-refractivity contribution >= 4 is 27.5 Å². The van der Waals surface area contributed by atoms with Crippen molar-refractivity contribution in [1.29, 1.82) is 0 Å². The van der Waals surface area contributed by atoms with Crippen LogP contribution >= 0.6 is 27.5 Å². The molecule has 2 N–H and O–H groups in total. The molecule has 94 valence electrons. The normalized spacial score (nSPS) is 10.4. The predicted molar refractivity (Wildman–Crippen MR) is 76.1 cm³/mol. The van der Waals surface area contributed by atoms with Crippen molar-refractivity contribution in [2.24, 2.45) is 5.73 Å². The maximum atomic E-state index is 6.06. The molecule has 0 unspecified atom stereocenters. The lowest BCUT2D eigenvalue weighted by molar-refractivity contribution is 0.458. The molecule has 2 rings (SSSR count). The summed E-state index contributed by atoms with van der Waals surface area (Å²) in [4.78, 5) is 4.24. The molecule has 0 bridgehead atoms. The van der Waals surface area contributed by atoms with Crippen molar-refractivity contribution in [2.45, 2.75) is 13.5 Å². The lowest BCUT2D eigenvalue weighted by atomic mass is 10.2. The zero-order valence-corrected chi connectivity index (χ0v) is 12.1. The number of halogens is 2. The first-order valence-corrected chi connectivity index (χ1v) is 6.55. The van der Waals surface area contributed by atoms with Gasteiger partial charge in [0, 0.05) is 22.8 Å². The van der Waals surface area contributed by atoms with Gasteiger partial charge in [-0.3, -0.25) is 0 Å². The van der Waals surface area contributed by atoms with Crippen LogP contribution in [-0.4, -0.2) is 4.98 Å². The Kier molecular flexibility index (Phi) is 4.22. The summed E-state index contributed by atoms with van der Waals surface area (Å²) in [5, 5.41) is 0.544. The van der Waals surface area contributed by atoms with Crippen molar-refractivity contribution in [3.05, 3.63) is 51.1 Å². The van der Waals surface area contributed by atoms with Crippen LogP contribution in [0.3, 0.4) is 0 Å². The molecule has 5 heteroatoms. The second kappa shape index (κ2) is 5.69. The zero-order valence-electron chi connectivity index (χ0n) is 9.78. The quantitative estimate of drug-likeness (QED) is 0.925. The van der Waals surface area contributed by atoms with Crippen molar-refractivity contribution in [1.82, 2.24) is 4.98 Å². The monoisotopic (exact) mass is 326 g/mol. The summed E-state index contributed by atoms with van der Waals surface area (Å²) in [6.07, 6.45) is 1.70. The molecule has 0 fully saturated rings. The predicted octanol–water partition coefficient (Wildman–Crippen LogP) is 4.06. The molecular weight excluding hydrogens is 316 g/mol. The van der Waals surface area contributed by atoms with Gasteiger partial charge in [0.25, 0.3) is 0 Å². The van der Waals surface area contributed by atoms with E-state index in [4.69, 9.17) is 22.1 Å². The molecule has 1 aromatic heterocycles. The van der Waals surface area contributed by atoms with E-state index in [0.717, 1.165) is 15.6 Å². The van der Waals surface area contributed by atoms with Gasteiger partial charge in [0.1, 0.15) is 5.75 Å². The van der Waals surface area contributed by atoms with Gasteiger partial charge in [-0.25, -0.2) is 4.98 Å². The fraction of sp³-hybridized carbons (Fsp3) is 0.154. The molecule has 18 heavy (non-hydrogen) atoms. The molecule has 0 aliphatic heterocycles. The standard InChI is InChI=1S/C13H12BrClN2O/c1-8-4-9(6-16)7-17-13(8)18-12-5-10(14)2-3-11(12)15/h2-5,7H,6,16H2,1H3. The third-order valence-corrected chi connectivity index (χ3v) is 3.23. The van der Waals surface area contributed by atoms with E-state index in [9.17, 15) is 0 Å². The van der Waals surface area contributed by atoms with Crippen molar-refractivity contribution in [2.75, 3.05) is 0 Å². The first-order chi connectivity index (χ1) is 8.60. The fourth-order valence-corrected chi connectivity index (χ4v) is 1.99. The number of pyridine rings is 1. The van der Waals surface area contributed by atoms with Crippen molar-refractivity contribution in [3.63, 3.8) is 0 Å². The molecule has 0 radical (unpaired) electrons. The minimum atomic E-state index is 0.464. The van der Waals surface area contributed by atoms with Crippen LogP contribution in [0.2, 0.25) is 5.02 Å². The highest BCUT2D eigenvalue weighted by Crippen LogP contribution is 2.32. The van der Waals surface area contributed by atoms with Gasteiger partial charge in [0.15, 0.2) is 0 Å². The van der Waals surface area contributed by atoms with Gasteiger partial charge < -0.3 is 10.5 Å². The molecule has 0 spiro atoms. The third-order valence-electron chi connectivity index (χ3n) is 2.42. The van der Waals surface area contributed by atoms with Crippen molar-refractivity contribution in [3.8, 4) is 11.6 Å². The van der Waals surface area contributed by atoms with E-state index in [-0.39, 0.29) is 0 Å². The van der Waals surface area contributed by atoms with Crippen LogP contribution in [0.15, 0.2) is 34.9 Å². The van der Waals surface area contributed by atoms with E-state index in [1.165, 1.54) is 0 Å². The highest BCUT2D eigenvalue weighted by Gasteiger charge is 2.08. The number of rotatable bonds is 3. The lowest BCUT2D eigenvalue weighted by Crippen LogP contribution is -1.99. The van der Waals surface area contributed by atoms with E-state index in [1.54, 1.807) is 18.3 Å². The summed E-state index contributed by atoms with van der Waals surface area (Å²) >= 11 is 9.44. The van der Waals surface area contributed by atoms with Crippen LogP contribution in [0.1, 0.15) is 11.1 Å². The number of nitrogens with zero attached hydrogens (tertiary/aromatic N) is 1. The van der Waals surface area contributed by atoms with Crippen molar-refractivity contribution < 1.29 is 4.74 Å². The smallest absolute Gasteiger partial charge is 0.222 e. The number of hydrogen-bond donors (Lipinski definition) is 1. The van der Waals surface area contributed by atoms with E-state index in [0.29, 0.717) is 23.2 Å². The minimum absolute atomic E-state index is 0.464. The third kappa shape index (κ3) is 3.02. The summed E-state index contributed by atoms with van der Waals surface area (Å²) in [6.45, 7) is 2.39. The Labute approximate surface area is 119 Å². The Balaban J connectivity index is 2.31. The summed E-state index contributed by atoms with van der Waals surface area (Å²) in [7, 11) is 0. The molecular formula is C13H12BrClN2O. The van der Waals surface area contributed by atoms with Gasteiger partial charge in [0.05, 0.1) is 5.02 Å². The van der Waals surface area contributed by atoms with Gasteiger partial charge in [0.2, 0.25) is 5.88 Å². The molecule has 1 heterocycles. The molecule has 3 nitrogen and oxygen atoms in total. The first kappa shape index (κ1) is 13.3. The van der Waals surface area contributed by atoms with Crippen LogP contribution in [0.25, 0.3) is 0 Å². The lowest BCUT2D eigenvalue weighted by Gasteiger charge is -2.10. The first-order valence-electron chi connectivity index (χ1n) is 5.38. The molecule has 2 aromatic rings. The number of hydrogen-bond acceptors (Lipinski definition) is 3. The van der Waals surface area contributed by atoms with Crippen LogP contribution in [0.4, 0.5) is 0 Å². The molecule has 0 aliphatic rings. The van der Waals surface area contributed by atoms with E-state index in [2.05, 4.69) is 20.9 Å². The number of ether oxygens (including phenoxy) is 1. The van der Waals surface area contributed by atoms with Crippen LogP contribution < -0.4 is 10.5 Å². The minimum Gasteiger partial charge on any atom is -0.437 e. The summed E-state index contributed by atoms with van der Waals surface area (Å²) in [5.41, 5.74) is 7.45. The summed E-state index contributed by atoms with van der Waals surface area (Å²) in [6, 6.07) is 7.38. The Morgan fingerprint density at radius 3 is 2.83 bits per heavy atom. The topological polar surface area (TPSA) is 48.1 Å². The average molecular weight is 328 g/mol. The highest BCUT2D eigenvalue weighted by molar-refractivity contribution is 9.10. The maximum absolute atomic E-state index is 6.06.